The highest BCUT2D eigenvalue weighted by Crippen LogP contribution is 2.19. The maximum absolute atomic E-state index is 12.8. The third-order valence-electron chi connectivity index (χ3n) is 5.72. The van der Waals surface area contributed by atoms with Crippen molar-refractivity contribution in [3.63, 3.8) is 0 Å². The topological polar surface area (TPSA) is 93.0 Å². The molecule has 2 aromatic heterocycles. The Morgan fingerprint density at radius 2 is 1.72 bits per heavy atom. The van der Waals surface area contributed by atoms with Crippen LogP contribution >= 0.6 is 0 Å². The lowest BCUT2D eigenvalue weighted by atomic mass is 10.1. The van der Waals surface area contributed by atoms with Gasteiger partial charge in [-0.3, -0.25) is 19.1 Å². The summed E-state index contributed by atoms with van der Waals surface area (Å²) in [7, 11) is 1.74. The standard InChI is InChI=1S/C24H25N5O3/c1-16-20(17(2)29(26-16)18-9-5-4-6-10-18)15-27(3)22(30)13-14-28-21-12-8-7-11-19(21)23(31)25-24(28)32/h4-12H,13-15H2,1-3H3,(H,25,31,32). The van der Waals surface area contributed by atoms with Crippen molar-refractivity contribution in [1.82, 2.24) is 24.2 Å². The third kappa shape index (κ3) is 3.99. The Kier molecular flexibility index (Phi) is 5.77. The predicted molar refractivity (Wildman–Crippen MR) is 123 cm³/mol. The molecule has 0 aliphatic carbocycles. The molecular formula is C24H25N5O3. The normalized spacial score (nSPS) is 11.1. The molecule has 4 aromatic rings. The van der Waals surface area contributed by atoms with Gasteiger partial charge in [0.2, 0.25) is 5.91 Å². The van der Waals surface area contributed by atoms with E-state index < -0.39 is 11.2 Å². The van der Waals surface area contributed by atoms with E-state index in [0.29, 0.717) is 17.4 Å². The number of nitrogens with one attached hydrogen (secondary N) is 1. The van der Waals surface area contributed by atoms with E-state index in [0.717, 1.165) is 22.6 Å². The Bertz CT molecular complexity index is 1400. The molecular weight excluding hydrogens is 406 g/mol. The van der Waals surface area contributed by atoms with Gasteiger partial charge in [-0.15, -0.1) is 0 Å². The van der Waals surface area contributed by atoms with Gasteiger partial charge in [0.15, 0.2) is 0 Å². The van der Waals surface area contributed by atoms with Gasteiger partial charge in [-0.1, -0.05) is 30.3 Å². The molecule has 164 valence electrons. The number of aromatic amines is 1. The molecule has 0 saturated carbocycles. The van der Waals surface area contributed by atoms with Crippen LogP contribution in [-0.4, -0.2) is 37.2 Å². The summed E-state index contributed by atoms with van der Waals surface area (Å²) in [6, 6.07) is 16.7. The highest BCUT2D eigenvalue weighted by molar-refractivity contribution is 5.78. The molecule has 0 saturated heterocycles. The minimum Gasteiger partial charge on any atom is -0.341 e. The molecule has 2 heterocycles. The second kappa shape index (κ2) is 8.66. The molecule has 1 amide bonds. The molecule has 0 unspecified atom stereocenters. The largest absolute Gasteiger partial charge is 0.341 e. The summed E-state index contributed by atoms with van der Waals surface area (Å²) < 4.78 is 3.32. The van der Waals surface area contributed by atoms with Gasteiger partial charge in [-0.05, 0) is 38.1 Å². The van der Waals surface area contributed by atoms with E-state index in [9.17, 15) is 14.4 Å². The summed E-state index contributed by atoms with van der Waals surface area (Å²) in [5.41, 5.74) is 3.40. The van der Waals surface area contributed by atoms with Crippen LogP contribution in [0.1, 0.15) is 23.4 Å². The Hall–Kier alpha value is -3.94. The molecule has 1 N–H and O–H groups in total. The van der Waals surface area contributed by atoms with Crippen molar-refractivity contribution >= 4 is 16.8 Å². The Morgan fingerprint density at radius 1 is 1.03 bits per heavy atom. The number of carbonyl (C=O) groups excluding carboxylic acids is 1. The van der Waals surface area contributed by atoms with Crippen LogP contribution in [0.5, 0.6) is 0 Å². The third-order valence-corrected chi connectivity index (χ3v) is 5.72. The number of benzene rings is 2. The number of carbonyl (C=O) groups is 1. The smallest absolute Gasteiger partial charge is 0.328 e. The lowest BCUT2D eigenvalue weighted by Crippen LogP contribution is -2.33. The van der Waals surface area contributed by atoms with Crippen LogP contribution in [0.4, 0.5) is 0 Å². The van der Waals surface area contributed by atoms with E-state index in [4.69, 9.17) is 0 Å². The zero-order valence-corrected chi connectivity index (χ0v) is 18.3. The van der Waals surface area contributed by atoms with Crippen LogP contribution < -0.4 is 11.2 Å². The van der Waals surface area contributed by atoms with Gasteiger partial charge < -0.3 is 4.90 Å². The van der Waals surface area contributed by atoms with E-state index in [1.807, 2.05) is 48.9 Å². The van der Waals surface area contributed by atoms with Gasteiger partial charge in [0.25, 0.3) is 5.56 Å². The molecule has 8 heteroatoms. The lowest BCUT2D eigenvalue weighted by Gasteiger charge is -2.18. The number of fused-ring (bicyclic) bond motifs is 1. The first kappa shape index (κ1) is 21.3. The average Bonchev–Trinajstić information content (AvgIpc) is 3.07. The maximum atomic E-state index is 12.8. The number of rotatable bonds is 6. The number of aromatic nitrogens is 4. The summed E-state index contributed by atoms with van der Waals surface area (Å²) in [4.78, 5) is 41.2. The van der Waals surface area contributed by atoms with Gasteiger partial charge in [-0.25, -0.2) is 9.48 Å². The minimum atomic E-state index is -0.514. The summed E-state index contributed by atoms with van der Waals surface area (Å²) in [5, 5.41) is 5.06. The van der Waals surface area contributed by atoms with Gasteiger partial charge >= 0.3 is 5.69 Å². The van der Waals surface area contributed by atoms with E-state index >= 15 is 0 Å². The summed E-state index contributed by atoms with van der Waals surface area (Å²) in [6.45, 7) is 4.53. The molecule has 32 heavy (non-hydrogen) atoms. The number of aryl methyl sites for hydroxylation is 2. The number of hydrogen-bond acceptors (Lipinski definition) is 4. The Labute approximate surface area is 184 Å². The molecule has 0 spiro atoms. The van der Waals surface area contributed by atoms with Crippen LogP contribution in [0.3, 0.4) is 0 Å². The van der Waals surface area contributed by atoms with Crippen molar-refractivity contribution in [1.29, 1.82) is 0 Å². The van der Waals surface area contributed by atoms with Crippen molar-refractivity contribution in [2.45, 2.75) is 33.4 Å². The van der Waals surface area contributed by atoms with Crippen LogP contribution in [0.2, 0.25) is 0 Å². The second-order valence-corrected chi connectivity index (χ2v) is 7.82. The van der Waals surface area contributed by atoms with Crippen molar-refractivity contribution in [2.24, 2.45) is 0 Å². The SMILES string of the molecule is Cc1nn(-c2ccccc2)c(C)c1CN(C)C(=O)CCn1c(=O)[nH]c(=O)c2ccccc21. The maximum Gasteiger partial charge on any atom is 0.328 e. The van der Waals surface area contributed by atoms with Crippen LogP contribution in [0.15, 0.2) is 64.2 Å². The zero-order chi connectivity index (χ0) is 22.8. The van der Waals surface area contributed by atoms with Crippen LogP contribution in [0, 0.1) is 13.8 Å². The van der Waals surface area contributed by atoms with Gasteiger partial charge in [0.1, 0.15) is 0 Å². The lowest BCUT2D eigenvalue weighted by molar-refractivity contribution is -0.130. The fourth-order valence-corrected chi connectivity index (χ4v) is 3.91. The quantitative estimate of drug-likeness (QED) is 0.508. The average molecular weight is 431 g/mol. The highest BCUT2D eigenvalue weighted by Gasteiger charge is 2.18. The molecule has 0 radical (unpaired) electrons. The first-order chi connectivity index (χ1) is 15.4. The van der Waals surface area contributed by atoms with E-state index in [-0.39, 0.29) is 18.9 Å². The highest BCUT2D eigenvalue weighted by atomic mass is 16.2. The summed E-state index contributed by atoms with van der Waals surface area (Å²) in [5.74, 6) is -0.0987. The summed E-state index contributed by atoms with van der Waals surface area (Å²) >= 11 is 0. The first-order valence-electron chi connectivity index (χ1n) is 10.4. The molecule has 0 aliphatic heterocycles. The number of hydrogen-bond donors (Lipinski definition) is 1. The van der Waals surface area contributed by atoms with Crippen molar-refractivity contribution in [3.8, 4) is 5.69 Å². The second-order valence-electron chi connectivity index (χ2n) is 7.82. The minimum absolute atomic E-state index is 0.0987. The molecule has 0 aliphatic rings. The van der Waals surface area contributed by atoms with E-state index in [2.05, 4.69) is 10.1 Å². The Morgan fingerprint density at radius 3 is 2.47 bits per heavy atom. The van der Waals surface area contributed by atoms with Crippen molar-refractivity contribution in [3.05, 3.63) is 92.4 Å². The van der Waals surface area contributed by atoms with Crippen LogP contribution in [-0.2, 0) is 17.9 Å². The van der Waals surface area contributed by atoms with Crippen LogP contribution in [0.25, 0.3) is 16.6 Å². The van der Waals surface area contributed by atoms with E-state index in [1.165, 1.54) is 4.57 Å². The predicted octanol–water partition coefficient (Wildman–Crippen LogP) is 2.54. The zero-order valence-electron chi connectivity index (χ0n) is 18.3. The van der Waals surface area contributed by atoms with Crippen molar-refractivity contribution < 1.29 is 4.79 Å². The fourth-order valence-electron chi connectivity index (χ4n) is 3.91. The first-order valence-corrected chi connectivity index (χ1v) is 10.4. The molecule has 2 aromatic carbocycles. The number of nitrogens with zero attached hydrogens (tertiary/aromatic N) is 4. The summed E-state index contributed by atoms with van der Waals surface area (Å²) in [6.07, 6.45) is 0.136. The number of amides is 1. The molecule has 8 nitrogen and oxygen atoms in total. The number of H-pyrrole nitrogens is 1. The Balaban J connectivity index is 1.51. The molecule has 0 fully saturated rings. The molecule has 0 atom stereocenters. The monoisotopic (exact) mass is 431 g/mol. The van der Waals surface area contributed by atoms with Gasteiger partial charge in [-0.2, -0.15) is 5.10 Å². The van der Waals surface area contributed by atoms with E-state index in [1.54, 1.807) is 36.2 Å². The van der Waals surface area contributed by atoms with Gasteiger partial charge in [0, 0.05) is 37.8 Å². The van der Waals surface area contributed by atoms with Crippen molar-refractivity contribution in [2.75, 3.05) is 7.05 Å². The fraction of sp³-hybridized carbons (Fsp3) is 0.250. The molecule has 0 bridgehead atoms. The molecule has 4 rings (SSSR count). The van der Waals surface area contributed by atoms with Gasteiger partial charge in [0.05, 0.1) is 22.3 Å². The number of para-hydroxylation sites is 2.